The smallest absolute Gasteiger partial charge is 0.221 e. The summed E-state index contributed by atoms with van der Waals surface area (Å²) in [5.41, 5.74) is -0.0408. The summed E-state index contributed by atoms with van der Waals surface area (Å²) in [6, 6.07) is 0.240. The summed E-state index contributed by atoms with van der Waals surface area (Å²) in [4.78, 5) is 15.7. The average Bonchev–Trinajstić information content (AvgIpc) is 2.25. The lowest BCUT2D eigenvalue weighted by Crippen LogP contribution is -2.48. The van der Waals surface area contributed by atoms with Crippen molar-refractivity contribution in [3.05, 3.63) is 0 Å². The fourth-order valence-electron chi connectivity index (χ4n) is 1.28. The zero-order chi connectivity index (χ0) is 14.2. The van der Waals surface area contributed by atoms with Gasteiger partial charge >= 0.3 is 0 Å². The first-order chi connectivity index (χ1) is 8.28. The monoisotopic (exact) mass is 384 g/mol. The van der Waals surface area contributed by atoms with Gasteiger partial charge in [0.25, 0.3) is 0 Å². The molecule has 0 aliphatic rings. The van der Waals surface area contributed by atoms with Gasteiger partial charge in [-0.2, -0.15) is 0 Å². The minimum Gasteiger partial charge on any atom is -0.356 e. The van der Waals surface area contributed by atoms with Crippen molar-refractivity contribution in [1.29, 1.82) is 0 Å². The van der Waals surface area contributed by atoms with Gasteiger partial charge in [-0.1, -0.05) is 6.92 Å². The summed E-state index contributed by atoms with van der Waals surface area (Å²) in [6.45, 7) is 10.8. The molecule has 0 aromatic rings. The lowest BCUT2D eigenvalue weighted by atomic mass is 10.1. The Hall–Kier alpha value is -0.530. The van der Waals surface area contributed by atoms with Crippen molar-refractivity contribution in [1.82, 2.24) is 16.0 Å². The number of amides is 1. The van der Waals surface area contributed by atoms with Gasteiger partial charge in [0.15, 0.2) is 5.96 Å². The van der Waals surface area contributed by atoms with Crippen molar-refractivity contribution in [3.8, 4) is 0 Å². The molecule has 0 aliphatic heterocycles. The number of nitrogens with zero attached hydrogens (tertiary/aromatic N) is 1. The number of halogens is 1. The van der Waals surface area contributed by atoms with E-state index < -0.39 is 0 Å². The van der Waals surface area contributed by atoms with Crippen LogP contribution >= 0.6 is 24.0 Å². The highest BCUT2D eigenvalue weighted by Gasteiger charge is 2.12. The van der Waals surface area contributed by atoms with Gasteiger partial charge in [0.2, 0.25) is 5.91 Å². The van der Waals surface area contributed by atoms with Crippen molar-refractivity contribution in [2.45, 2.75) is 59.0 Å². The predicted molar refractivity (Wildman–Crippen MR) is 92.2 cm³/mol. The largest absolute Gasteiger partial charge is 0.356 e. The maximum absolute atomic E-state index is 11.6. The van der Waals surface area contributed by atoms with Gasteiger partial charge in [-0.25, -0.2) is 0 Å². The van der Waals surface area contributed by atoms with Gasteiger partial charge in [-0.3, -0.25) is 9.79 Å². The molecule has 0 aliphatic carbocycles. The van der Waals surface area contributed by atoms with Crippen molar-refractivity contribution in [3.63, 3.8) is 0 Å². The quantitative estimate of drug-likeness (QED) is 0.385. The number of nitrogens with one attached hydrogen (secondary N) is 3. The molecule has 114 valence electrons. The number of hydrogen-bond donors (Lipinski definition) is 3. The highest BCUT2D eigenvalue weighted by atomic mass is 127. The van der Waals surface area contributed by atoms with E-state index in [1.807, 2.05) is 6.92 Å². The Morgan fingerprint density at radius 2 is 1.89 bits per heavy atom. The molecule has 0 fully saturated rings. The molecular formula is C13H29IN4O. The molecule has 1 unspecified atom stereocenters. The standard InChI is InChI=1S/C13H28N4O.HI/c1-7-10(2)16-11(18)8-9-15-12(14-6)17-13(3,4)5;/h10H,7-9H2,1-6H3,(H,16,18)(H2,14,15,17);1H. The van der Waals surface area contributed by atoms with Gasteiger partial charge < -0.3 is 16.0 Å². The molecule has 0 aromatic carbocycles. The number of carbonyl (C=O) groups is 1. The molecule has 19 heavy (non-hydrogen) atoms. The van der Waals surface area contributed by atoms with Gasteiger partial charge in [0.05, 0.1) is 0 Å². The van der Waals surface area contributed by atoms with E-state index in [9.17, 15) is 4.79 Å². The zero-order valence-corrected chi connectivity index (χ0v) is 15.3. The Balaban J connectivity index is 0. The van der Waals surface area contributed by atoms with Crippen LogP contribution < -0.4 is 16.0 Å². The Labute approximate surface area is 134 Å². The first-order valence-electron chi connectivity index (χ1n) is 6.56. The first kappa shape index (κ1) is 20.8. The van der Waals surface area contributed by atoms with Crippen LogP contribution in [0.3, 0.4) is 0 Å². The highest BCUT2D eigenvalue weighted by Crippen LogP contribution is 1.97. The van der Waals surface area contributed by atoms with Crippen molar-refractivity contribution in [2.24, 2.45) is 4.99 Å². The molecule has 0 heterocycles. The lowest BCUT2D eigenvalue weighted by molar-refractivity contribution is -0.121. The van der Waals surface area contributed by atoms with Crippen LogP contribution in [-0.4, -0.2) is 37.0 Å². The fraction of sp³-hybridized carbons (Fsp3) is 0.846. The molecule has 5 nitrogen and oxygen atoms in total. The summed E-state index contributed by atoms with van der Waals surface area (Å²) in [5.74, 6) is 0.793. The Kier molecular flexibility index (Phi) is 11.2. The Bertz CT molecular complexity index is 287. The molecule has 1 amide bonds. The van der Waals surface area contributed by atoms with Crippen LogP contribution in [0.15, 0.2) is 4.99 Å². The molecule has 0 saturated carbocycles. The van der Waals surface area contributed by atoms with Crippen molar-refractivity contribution < 1.29 is 4.79 Å². The summed E-state index contributed by atoms with van der Waals surface area (Å²) >= 11 is 0. The fourth-order valence-corrected chi connectivity index (χ4v) is 1.28. The van der Waals surface area contributed by atoms with Gasteiger partial charge in [0, 0.05) is 31.6 Å². The molecule has 0 bridgehead atoms. The number of aliphatic imine (C=N–C) groups is 1. The van der Waals surface area contributed by atoms with Gasteiger partial charge in [-0.05, 0) is 34.1 Å². The van der Waals surface area contributed by atoms with Crippen LogP contribution in [0.25, 0.3) is 0 Å². The van der Waals surface area contributed by atoms with E-state index in [1.54, 1.807) is 7.05 Å². The van der Waals surface area contributed by atoms with Crippen LogP contribution in [-0.2, 0) is 4.79 Å². The second kappa shape index (κ2) is 10.3. The molecule has 0 saturated heterocycles. The Morgan fingerprint density at radius 3 is 2.32 bits per heavy atom. The number of hydrogen-bond acceptors (Lipinski definition) is 2. The molecule has 3 N–H and O–H groups in total. The van der Waals surface area contributed by atoms with Crippen LogP contribution in [0.4, 0.5) is 0 Å². The van der Waals surface area contributed by atoms with Crippen molar-refractivity contribution in [2.75, 3.05) is 13.6 Å². The molecule has 0 aromatic heterocycles. The molecular weight excluding hydrogens is 355 g/mol. The highest BCUT2D eigenvalue weighted by molar-refractivity contribution is 14.0. The minimum atomic E-state index is -0.0408. The van der Waals surface area contributed by atoms with Gasteiger partial charge in [-0.15, -0.1) is 24.0 Å². The van der Waals surface area contributed by atoms with Crippen LogP contribution in [0, 0.1) is 0 Å². The summed E-state index contributed by atoms with van der Waals surface area (Å²) in [5, 5.41) is 9.30. The maximum atomic E-state index is 11.6. The second-order valence-corrected chi connectivity index (χ2v) is 5.50. The maximum Gasteiger partial charge on any atom is 0.221 e. The second-order valence-electron chi connectivity index (χ2n) is 5.50. The third kappa shape index (κ3) is 12.3. The topological polar surface area (TPSA) is 65.5 Å². The third-order valence-electron chi connectivity index (χ3n) is 2.38. The summed E-state index contributed by atoms with van der Waals surface area (Å²) < 4.78 is 0. The summed E-state index contributed by atoms with van der Waals surface area (Å²) in [7, 11) is 1.72. The lowest BCUT2D eigenvalue weighted by Gasteiger charge is -2.23. The van der Waals surface area contributed by atoms with Crippen LogP contribution in [0.5, 0.6) is 0 Å². The van der Waals surface area contributed by atoms with E-state index in [0.717, 1.165) is 12.4 Å². The van der Waals surface area contributed by atoms with Gasteiger partial charge in [0.1, 0.15) is 0 Å². The third-order valence-corrected chi connectivity index (χ3v) is 2.38. The minimum absolute atomic E-state index is 0. The SMILES string of the molecule is CCC(C)NC(=O)CCNC(=NC)NC(C)(C)C.I. The molecule has 0 spiro atoms. The molecule has 0 radical (unpaired) electrons. The van der Waals surface area contributed by atoms with Crippen LogP contribution in [0.1, 0.15) is 47.5 Å². The van der Waals surface area contributed by atoms with E-state index in [1.165, 1.54) is 0 Å². The van der Waals surface area contributed by atoms with E-state index in [-0.39, 0.29) is 41.5 Å². The van der Waals surface area contributed by atoms with Crippen LogP contribution in [0.2, 0.25) is 0 Å². The number of carbonyl (C=O) groups excluding carboxylic acids is 1. The van der Waals surface area contributed by atoms with E-state index >= 15 is 0 Å². The summed E-state index contributed by atoms with van der Waals surface area (Å²) in [6.07, 6.45) is 1.40. The normalized spacial score (nSPS) is 13.3. The molecule has 0 rings (SSSR count). The zero-order valence-electron chi connectivity index (χ0n) is 13.0. The predicted octanol–water partition coefficient (Wildman–Crippen LogP) is 1.87. The molecule has 6 heteroatoms. The van der Waals surface area contributed by atoms with Crippen molar-refractivity contribution >= 4 is 35.8 Å². The number of rotatable bonds is 5. The average molecular weight is 384 g/mol. The Morgan fingerprint density at radius 1 is 1.32 bits per heavy atom. The van der Waals surface area contributed by atoms with E-state index in [2.05, 4.69) is 48.6 Å². The first-order valence-corrected chi connectivity index (χ1v) is 6.56. The van der Waals surface area contributed by atoms with E-state index in [4.69, 9.17) is 0 Å². The molecule has 1 atom stereocenters. The van der Waals surface area contributed by atoms with E-state index in [0.29, 0.717) is 13.0 Å². The number of guanidine groups is 1.